The maximum Gasteiger partial charge on any atom is 0.262 e. The van der Waals surface area contributed by atoms with Gasteiger partial charge in [0.25, 0.3) is 15.0 Å². The van der Waals surface area contributed by atoms with Gasteiger partial charge >= 0.3 is 0 Å². The van der Waals surface area contributed by atoms with Gasteiger partial charge in [-0.1, -0.05) is 13.8 Å². The molecule has 1 amide bonds. The van der Waals surface area contributed by atoms with Crippen LogP contribution in [0.15, 0.2) is 11.0 Å². The second-order valence-corrected chi connectivity index (χ2v) is 8.98. The Balaban J connectivity index is 2.18. The van der Waals surface area contributed by atoms with E-state index >= 15 is 0 Å². The largest absolute Gasteiger partial charge is 0.348 e. The lowest BCUT2D eigenvalue weighted by Gasteiger charge is -2.04. The van der Waals surface area contributed by atoms with Gasteiger partial charge in [-0.25, -0.2) is 8.42 Å². The molecule has 1 aliphatic rings. The third kappa shape index (κ3) is 2.70. The highest BCUT2D eigenvalue weighted by atomic mass is 35.7. The molecule has 0 saturated heterocycles. The third-order valence-corrected chi connectivity index (χ3v) is 5.80. The molecule has 0 aliphatic heterocycles. The molecular formula is C11H14ClNO3S2. The summed E-state index contributed by atoms with van der Waals surface area (Å²) in [5.41, 5.74) is 0.142. The summed E-state index contributed by atoms with van der Waals surface area (Å²) in [6, 6.07) is 1.51. The topological polar surface area (TPSA) is 63.2 Å². The van der Waals surface area contributed by atoms with Gasteiger partial charge in [0.05, 0.1) is 9.77 Å². The smallest absolute Gasteiger partial charge is 0.262 e. The van der Waals surface area contributed by atoms with Crippen molar-refractivity contribution in [2.24, 2.45) is 5.41 Å². The lowest BCUT2D eigenvalue weighted by molar-refractivity contribution is 0.0950. The highest BCUT2D eigenvalue weighted by Gasteiger charge is 2.46. The lowest BCUT2D eigenvalue weighted by atomic mass is 10.2. The molecule has 0 radical (unpaired) electrons. The van der Waals surface area contributed by atoms with Crippen LogP contribution < -0.4 is 5.32 Å². The predicted molar refractivity (Wildman–Crippen MR) is 71.7 cm³/mol. The van der Waals surface area contributed by atoms with Crippen molar-refractivity contribution >= 4 is 37.0 Å². The number of nitrogens with one attached hydrogen (secondary N) is 1. The van der Waals surface area contributed by atoms with Gasteiger partial charge < -0.3 is 5.32 Å². The van der Waals surface area contributed by atoms with E-state index in [0.717, 1.165) is 17.8 Å². The Morgan fingerprint density at radius 2 is 2.11 bits per heavy atom. The van der Waals surface area contributed by atoms with Gasteiger partial charge in [0.15, 0.2) is 0 Å². The van der Waals surface area contributed by atoms with Crippen molar-refractivity contribution in [1.29, 1.82) is 0 Å². The van der Waals surface area contributed by atoms with Crippen LogP contribution in [0.1, 0.15) is 34.8 Å². The Hall–Kier alpha value is -0.590. The molecule has 1 saturated carbocycles. The van der Waals surface area contributed by atoms with Gasteiger partial charge in [-0.15, -0.1) is 11.3 Å². The fourth-order valence-corrected chi connectivity index (χ4v) is 4.33. The van der Waals surface area contributed by atoms with Crippen molar-refractivity contribution in [3.8, 4) is 0 Å². The Kier molecular flexibility index (Phi) is 3.24. The SMILES string of the molecule is Cc1sc(C(=O)NC2CC2(C)C)cc1S(=O)(=O)Cl. The van der Waals surface area contributed by atoms with E-state index in [9.17, 15) is 13.2 Å². The van der Waals surface area contributed by atoms with E-state index in [-0.39, 0.29) is 22.3 Å². The molecule has 1 aliphatic carbocycles. The molecule has 4 nitrogen and oxygen atoms in total. The van der Waals surface area contributed by atoms with Crippen molar-refractivity contribution in [1.82, 2.24) is 5.32 Å². The first kappa shape index (κ1) is 13.8. The highest BCUT2D eigenvalue weighted by molar-refractivity contribution is 8.13. The fraction of sp³-hybridized carbons (Fsp3) is 0.545. The molecule has 1 fully saturated rings. The average Bonchev–Trinajstić information content (AvgIpc) is 2.62. The van der Waals surface area contributed by atoms with Crippen molar-refractivity contribution in [2.45, 2.75) is 38.1 Å². The third-order valence-electron chi connectivity index (χ3n) is 3.18. The van der Waals surface area contributed by atoms with Crippen LogP contribution in [0.25, 0.3) is 0 Å². The summed E-state index contributed by atoms with van der Waals surface area (Å²) in [5.74, 6) is -0.231. The van der Waals surface area contributed by atoms with Crippen LogP contribution in [0, 0.1) is 12.3 Å². The van der Waals surface area contributed by atoms with Crippen LogP contribution in [-0.4, -0.2) is 20.4 Å². The number of halogens is 1. The van der Waals surface area contributed by atoms with E-state index < -0.39 is 9.05 Å². The maximum atomic E-state index is 11.9. The van der Waals surface area contributed by atoms with Crippen LogP contribution in [0.5, 0.6) is 0 Å². The van der Waals surface area contributed by atoms with Crippen LogP contribution in [0.2, 0.25) is 0 Å². The summed E-state index contributed by atoms with van der Waals surface area (Å²) >= 11 is 1.14. The van der Waals surface area contributed by atoms with Crippen molar-refractivity contribution in [2.75, 3.05) is 0 Å². The molecule has 1 unspecified atom stereocenters. The van der Waals surface area contributed by atoms with Gasteiger partial charge in [0.2, 0.25) is 0 Å². The minimum absolute atomic E-state index is 0.0226. The van der Waals surface area contributed by atoms with Gasteiger partial charge in [-0.2, -0.15) is 0 Å². The van der Waals surface area contributed by atoms with Gasteiger partial charge in [0.1, 0.15) is 0 Å². The summed E-state index contributed by atoms with van der Waals surface area (Å²) in [4.78, 5) is 12.9. The Bertz CT molecular complexity index is 604. The number of carbonyl (C=O) groups excluding carboxylic acids is 1. The summed E-state index contributed by atoms with van der Waals surface area (Å²) in [5, 5.41) is 2.89. The number of carbonyl (C=O) groups is 1. The second kappa shape index (κ2) is 4.21. The molecule has 0 spiro atoms. The Labute approximate surface area is 115 Å². The minimum atomic E-state index is -3.78. The molecular weight excluding hydrogens is 294 g/mol. The van der Waals surface area contributed by atoms with Crippen LogP contribution in [0.4, 0.5) is 0 Å². The zero-order valence-corrected chi connectivity index (χ0v) is 12.7. The fourth-order valence-electron chi connectivity index (χ4n) is 1.76. The normalized spacial score (nSPS) is 21.7. The first-order chi connectivity index (χ1) is 8.11. The number of rotatable bonds is 3. The van der Waals surface area contributed by atoms with E-state index in [2.05, 4.69) is 19.2 Å². The minimum Gasteiger partial charge on any atom is -0.348 e. The Morgan fingerprint density at radius 3 is 2.50 bits per heavy atom. The number of hydrogen-bond acceptors (Lipinski definition) is 4. The number of thiophene rings is 1. The zero-order valence-electron chi connectivity index (χ0n) is 10.3. The highest BCUT2D eigenvalue weighted by Crippen LogP contribution is 2.44. The van der Waals surface area contributed by atoms with Crippen molar-refractivity contribution < 1.29 is 13.2 Å². The van der Waals surface area contributed by atoms with Gasteiger partial charge in [-0.05, 0) is 24.8 Å². The molecule has 0 aromatic carbocycles. The molecule has 1 heterocycles. The summed E-state index contributed by atoms with van der Waals surface area (Å²) in [6.45, 7) is 5.79. The summed E-state index contributed by atoms with van der Waals surface area (Å²) in [7, 11) is 1.51. The quantitative estimate of drug-likeness (QED) is 0.873. The molecule has 1 aromatic heterocycles. The monoisotopic (exact) mass is 307 g/mol. The van der Waals surface area contributed by atoms with Crippen LogP contribution in [0.3, 0.4) is 0 Å². The molecule has 7 heteroatoms. The van der Waals surface area contributed by atoms with Gasteiger partial charge in [0, 0.05) is 21.6 Å². The standard InChI is InChI=1S/C11H14ClNO3S2/c1-6-8(18(12,15)16)4-7(17-6)10(14)13-9-5-11(9,2)3/h4,9H,5H2,1-3H3,(H,13,14). The molecule has 1 atom stereocenters. The van der Waals surface area contributed by atoms with E-state index in [0.29, 0.717) is 9.75 Å². The van der Waals surface area contributed by atoms with Crippen molar-refractivity contribution in [3.05, 3.63) is 15.8 Å². The van der Waals surface area contributed by atoms with Crippen LogP contribution in [-0.2, 0) is 9.05 Å². The van der Waals surface area contributed by atoms with Crippen LogP contribution >= 0.6 is 22.0 Å². The van der Waals surface area contributed by atoms with Crippen molar-refractivity contribution in [3.63, 3.8) is 0 Å². The van der Waals surface area contributed by atoms with E-state index in [4.69, 9.17) is 10.7 Å². The lowest BCUT2D eigenvalue weighted by Crippen LogP contribution is -2.27. The number of amides is 1. The van der Waals surface area contributed by atoms with E-state index in [1.54, 1.807) is 6.92 Å². The maximum absolute atomic E-state index is 11.9. The summed E-state index contributed by atoms with van der Waals surface area (Å²) in [6.07, 6.45) is 0.948. The predicted octanol–water partition coefficient (Wildman–Crippen LogP) is 2.51. The molecule has 2 rings (SSSR count). The first-order valence-electron chi connectivity index (χ1n) is 5.47. The summed E-state index contributed by atoms with van der Waals surface area (Å²) < 4.78 is 22.5. The Morgan fingerprint density at radius 1 is 1.56 bits per heavy atom. The molecule has 18 heavy (non-hydrogen) atoms. The van der Waals surface area contributed by atoms with Gasteiger partial charge in [-0.3, -0.25) is 4.79 Å². The molecule has 1 aromatic rings. The number of hydrogen-bond donors (Lipinski definition) is 1. The molecule has 100 valence electrons. The molecule has 1 N–H and O–H groups in total. The first-order valence-corrected chi connectivity index (χ1v) is 8.60. The number of aryl methyl sites for hydroxylation is 1. The van der Waals surface area contributed by atoms with E-state index in [1.807, 2.05) is 0 Å². The zero-order chi connectivity index (χ0) is 13.7. The second-order valence-electron chi connectivity index (χ2n) is 5.19. The van der Waals surface area contributed by atoms with E-state index in [1.165, 1.54) is 6.07 Å². The average molecular weight is 308 g/mol. The molecule has 0 bridgehead atoms.